The van der Waals surface area contributed by atoms with E-state index in [4.69, 9.17) is 10.5 Å². The number of fused-ring (bicyclic) bond motifs is 1. The van der Waals surface area contributed by atoms with Gasteiger partial charge in [-0.3, -0.25) is 0 Å². The predicted octanol–water partition coefficient (Wildman–Crippen LogP) is 3.71. The predicted molar refractivity (Wildman–Crippen MR) is 83.7 cm³/mol. The van der Waals surface area contributed by atoms with Crippen molar-refractivity contribution in [1.29, 1.82) is 0 Å². The Labute approximate surface area is 121 Å². The molecule has 3 rings (SSSR count). The molecule has 1 aliphatic carbocycles. The third-order valence-electron chi connectivity index (χ3n) is 4.38. The first kappa shape index (κ1) is 13.4. The SMILES string of the molecule is CC1=C(c2cccc3c2O[C@@H](CN)CC3)CC(C)C=C1. The topological polar surface area (TPSA) is 35.2 Å². The Morgan fingerprint density at radius 1 is 1.35 bits per heavy atom. The van der Waals surface area contributed by atoms with Crippen molar-refractivity contribution in [3.63, 3.8) is 0 Å². The Hall–Kier alpha value is -1.54. The number of aryl methyl sites for hydroxylation is 1. The van der Waals surface area contributed by atoms with E-state index in [1.54, 1.807) is 0 Å². The zero-order valence-corrected chi connectivity index (χ0v) is 12.4. The van der Waals surface area contributed by atoms with Gasteiger partial charge >= 0.3 is 0 Å². The van der Waals surface area contributed by atoms with Crippen molar-refractivity contribution in [2.45, 2.75) is 39.2 Å². The Bertz CT molecular complexity index is 571. The van der Waals surface area contributed by atoms with E-state index in [1.807, 2.05) is 0 Å². The highest BCUT2D eigenvalue weighted by molar-refractivity contribution is 5.77. The summed E-state index contributed by atoms with van der Waals surface area (Å²) in [6.07, 6.45) is 7.89. The van der Waals surface area contributed by atoms with Gasteiger partial charge in [-0.1, -0.05) is 37.3 Å². The molecule has 0 amide bonds. The van der Waals surface area contributed by atoms with Crippen LogP contribution in [0.2, 0.25) is 0 Å². The molecule has 2 nitrogen and oxygen atoms in total. The van der Waals surface area contributed by atoms with Crippen LogP contribution < -0.4 is 10.5 Å². The lowest BCUT2D eigenvalue weighted by molar-refractivity contribution is 0.180. The van der Waals surface area contributed by atoms with Gasteiger partial charge in [0.1, 0.15) is 11.9 Å². The molecule has 1 aliphatic heterocycles. The van der Waals surface area contributed by atoms with Gasteiger partial charge in [0.15, 0.2) is 0 Å². The fraction of sp³-hybridized carbons (Fsp3) is 0.444. The van der Waals surface area contributed by atoms with Gasteiger partial charge in [-0.05, 0) is 48.8 Å². The lowest BCUT2D eigenvalue weighted by atomic mass is 9.85. The van der Waals surface area contributed by atoms with Gasteiger partial charge < -0.3 is 10.5 Å². The van der Waals surface area contributed by atoms with Crippen LogP contribution in [-0.4, -0.2) is 12.6 Å². The molecule has 2 N–H and O–H groups in total. The number of rotatable bonds is 2. The molecule has 2 aliphatic rings. The van der Waals surface area contributed by atoms with Gasteiger partial charge in [-0.15, -0.1) is 0 Å². The third-order valence-corrected chi connectivity index (χ3v) is 4.38. The second kappa shape index (κ2) is 5.45. The van der Waals surface area contributed by atoms with Crippen molar-refractivity contribution in [3.8, 4) is 5.75 Å². The van der Waals surface area contributed by atoms with Crippen molar-refractivity contribution in [3.05, 3.63) is 47.1 Å². The summed E-state index contributed by atoms with van der Waals surface area (Å²) in [4.78, 5) is 0. The van der Waals surface area contributed by atoms with Gasteiger partial charge in [-0.2, -0.15) is 0 Å². The number of ether oxygens (including phenoxy) is 1. The maximum atomic E-state index is 6.17. The molecule has 20 heavy (non-hydrogen) atoms. The van der Waals surface area contributed by atoms with E-state index < -0.39 is 0 Å². The number of allylic oxidation sites excluding steroid dienone is 4. The van der Waals surface area contributed by atoms with Crippen LogP contribution in [0.4, 0.5) is 0 Å². The monoisotopic (exact) mass is 269 g/mol. The second-order valence-electron chi connectivity index (χ2n) is 6.01. The second-order valence-corrected chi connectivity index (χ2v) is 6.01. The smallest absolute Gasteiger partial charge is 0.130 e. The van der Waals surface area contributed by atoms with Gasteiger partial charge in [0, 0.05) is 12.1 Å². The Balaban J connectivity index is 2.05. The maximum absolute atomic E-state index is 6.17. The number of hydrogen-bond donors (Lipinski definition) is 1. The Morgan fingerprint density at radius 2 is 2.20 bits per heavy atom. The molecule has 1 aromatic carbocycles. The van der Waals surface area contributed by atoms with Crippen LogP contribution in [0.15, 0.2) is 35.9 Å². The van der Waals surface area contributed by atoms with Crippen LogP contribution in [-0.2, 0) is 6.42 Å². The highest BCUT2D eigenvalue weighted by atomic mass is 16.5. The van der Waals surface area contributed by atoms with Crippen molar-refractivity contribution in [2.75, 3.05) is 6.54 Å². The van der Waals surface area contributed by atoms with Crippen LogP contribution in [0.5, 0.6) is 5.75 Å². The van der Waals surface area contributed by atoms with E-state index in [0.717, 1.165) is 25.0 Å². The maximum Gasteiger partial charge on any atom is 0.130 e. The molecule has 2 atom stereocenters. The van der Waals surface area contributed by atoms with Crippen LogP contribution in [0.1, 0.15) is 37.8 Å². The summed E-state index contributed by atoms with van der Waals surface area (Å²) >= 11 is 0. The molecule has 2 heteroatoms. The molecule has 0 aromatic heterocycles. The highest BCUT2D eigenvalue weighted by Crippen LogP contribution is 2.40. The summed E-state index contributed by atoms with van der Waals surface area (Å²) < 4.78 is 6.17. The first-order valence-electron chi connectivity index (χ1n) is 7.56. The van der Waals surface area contributed by atoms with Gasteiger partial charge in [-0.25, -0.2) is 0 Å². The van der Waals surface area contributed by atoms with Crippen molar-refractivity contribution in [1.82, 2.24) is 0 Å². The van der Waals surface area contributed by atoms with E-state index in [0.29, 0.717) is 12.5 Å². The molecule has 1 unspecified atom stereocenters. The largest absolute Gasteiger partial charge is 0.488 e. The molecule has 106 valence electrons. The van der Waals surface area contributed by atoms with E-state index in [-0.39, 0.29) is 6.10 Å². The Morgan fingerprint density at radius 3 is 3.00 bits per heavy atom. The highest BCUT2D eigenvalue weighted by Gasteiger charge is 2.24. The molecule has 0 saturated heterocycles. The van der Waals surface area contributed by atoms with E-state index in [1.165, 1.54) is 22.3 Å². The summed E-state index contributed by atoms with van der Waals surface area (Å²) in [7, 11) is 0. The van der Waals surface area contributed by atoms with Gasteiger partial charge in [0.25, 0.3) is 0 Å². The number of para-hydroxylation sites is 1. The molecule has 0 spiro atoms. The zero-order valence-electron chi connectivity index (χ0n) is 12.4. The Kier molecular flexibility index (Phi) is 3.66. The minimum Gasteiger partial charge on any atom is -0.488 e. The molecule has 0 fully saturated rings. The average Bonchev–Trinajstić information content (AvgIpc) is 2.48. The summed E-state index contributed by atoms with van der Waals surface area (Å²) in [6.45, 7) is 5.06. The first-order chi connectivity index (χ1) is 9.69. The summed E-state index contributed by atoms with van der Waals surface area (Å²) in [5, 5.41) is 0. The minimum atomic E-state index is 0.168. The van der Waals surface area contributed by atoms with E-state index in [9.17, 15) is 0 Å². The molecular formula is C18H23NO. The fourth-order valence-electron chi connectivity index (χ4n) is 3.15. The van der Waals surface area contributed by atoms with Crippen molar-refractivity contribution in [2.24, 2.45) is 11.7 Å². The lowest BCUT2D eigenvalue weighted by Gasteiger charge is -2.29. The van der Waals surface area contributed by atoms with Crippen LogP contribution in [0, 0.1) is 5.92 Å². The normalized spacial score (nSPS) is 25.4. The van der Waals surface area contributed by atoms with Crippen LogP contribution in [0.25, 0.3) is 5.57 Å². The quantitative estimate of drug-likeness (QED) is 0.888. The lowest BCUT2D eigenvalue weighted by Crippen LogP contribution is -2.31. The summed E-state index contributed by atoms with van der Waals surface area (Å²) in [5.74, 6) is 1.67. The number of nitrogens with two attached hydrogens (primary N) is 1. The molecule has 1 heterocycles. The van der Waals surface area contributed by atoms with Crippen LogP contribution in [0.3, 0.4) is 0 Å². The van der Waals surface area contributed by atoms with E-state index >= 15 is 0 Å². The number of hydrogen-bond acceptors (Lipinski definition) is 2. The molecule has 0 saturated carbocycles. The third kappa shape index (κ3) is 2.40. The molecule has 0 bridgehead atoms. The van der Waals surface area contributed by atoms with Gasteiger partial charge in [0.05, 0.1) is 0 Å². The fourth-order valence-corrected chi connectivity index (χ4v) is 3.15. The first-order valence-corrected chi connectivity index (χ1v) is 7.56. The summed E-state index contributed by atoms with van der Waals surface area (Å²) in [6, 6.07) is 6.54. The van der Waals surface area contributed by atoms with Gasteiger partial charge in [0.2, 0.25) is 0 Å². The molecule has 0 radical (unpaired) electrons. The minimum absolute atomic E-state index is 0.168. The number of benzene rings is 1. The zero-order chi connectivity index (χ0) is 14.1. The van der Waals surface area contributed by atoms with Crippen LogP contribution >= 0.6 is 0 Å². The summed E-state index contributed by atoms with van der Waals surface area (Å²) in [5.41, 5.74) is 11.2. The molecule has 1 aromatic rings. The molecular weight excluding hydrogens is 246 g/mol. The van der Waals surface area contributed by atoms with Crippen molar-refractivity contribution < 1.29 is 4.74 Å². The average molecular weight is 269 g/mol. The van der Waals surface area contributed by atoms with E-state index in [2.05, 4.69) is 44.2 Å². The van der Waals surface area contributed by atoms with Crippen molar-refractivity contribution >= 4 is 5.57 Å². The standard InChI is InChI=1S/C18H23NO/c1-12-6-7-13(2)17(10-12)16-5-3-4-14-8-9-15(11-19)20-18(14)16/h3-7,12,15H,8-11,19H2,1-2H3/t12?,15-/m1/s1.